The standard InChI is InChI=1S/C29H30N6OS/c1-19-9-11-22(12-10-19)32-26(36)13-16-34-28(27(33-29(34)37)25-8-4-5-15-31-25)24-17-20(2)35(21(24)3)23-7-6-14-30-18-23/h4-12,14-15,17-18,27-28H,13,16H2,1-3H3,(H,32,36)(H,33,37)/t27-,28+/m1/s1. The van der Waals surface area contributed by atoms with Crippen molar-refractivity contribution in [2.45, 2.75) is 39.3 Å². The molecule has 2 N–H and O–H groups in total. The maximum Gasteiger partial charge on any atom is 0.226 e. The maximum atomic E-state index is 12.8. The topological polar surface area (TPSA) is 75.1 Å². The highest BCUT2D eigenvalue weighted by Gasteiger charge is 2.41. The Labute approximate surface area is 222 Å². The largest absolute Gasteiger partial charge is 0.352 e. The number of nitrogens with one attached hydrogen (secondary N) is 2. The van der Waals surface area contributed by atoms with E-state index in [0.717, 1.165) is 39.6 Å². The number of anilines is 1. The molecule has 3 aromatic heterocycles. The predicted octanol–water partition coefficient (Wildman–Crippen LogP) is 5.19. The zero-order chi connectivity index (χ0) is 25.9. The summed E-state index contributed by atoms with van der Waals surface area (Å²) in [7, 11) is 0. The molecule has 1 aliphatic heterocycles. The Balaban J connectivity index is 1.45. The van der Waals surface area contributed by atoms with Gasteiger partial charge >= 0.3 is 0 Å². The molecule has 1 fully saturated rings. The number of rotatable bonds is 7. The van der Waals surface area contributed by atoms with Crippen LogP contribution in [0, 0.1) is 20.8 Å². The molecule has 1 amide bonds. The molecule has 0 bridgehead atoms. The summed E-state index contributed by atoms with van der Waals surface area (Å²) < 4.78 is 2.21. The molecule has 4 aromatic rings. The van der Waals surface area contributed by atoms with Crippen molar-refractivity contribution in [1.29, 1.82) is 0 Å². The molecule has 7 nitrogen and oxygen atoms in total. The fourth-order valence-electron chi connectivity index (χ4n) is 5.04. The summed E-state index contributed by atoms with van der Waals surface area (Å²) in [5.74, 6) is -0.0486. The first-order valence-electron chi connectivity index (χ1n) is 12.4. The van der Waals surface area contributed by atoms with Crippen LogP contribution in [-0.4, -0.2) is 37.0 Å². The van der Waals surface area contributed by atoms with Crippen LogP contribution in [0.25, 0.3) is 5.69 Å². The third-order valence-electron chi connectivity index (χ3n) is 6.81. The van der Waals surface area contributed by atoms with E-state index in [4.69, 9.17) is 12.2 Å². The quantitative estimate of drug-likeness (QED) is 0.333. The van der Waals surface area contributed by atoms with Crippen molar-refractivity contribution >= 4 is 28.9 Å². The summed E-state index contributed by atoms with van der Waals surface area (Å²) >= 11 is 5.81. The number of amides is 1. The molecule has 5 rings (SSSR count). The summed E-state index contributed by atoms with van der Waals surface area (Å²) in [5.41, 5.74) is 7.22. The van der Waals surface area contributed by atoms with Gasteiger partial charge in [0, 0.05) is 42.4 Å². The van der Waals surface area contributed by atoms with Crippen LogP contribution in [0.1, 0.15) is 46.7 Å². The zero-order valence-corrected chi connectivity index (χ0v) is 22.0. The molecule has 0 unspecified atom stereocenters. The average molecular weight is 511 g/mol. The Morgan fingerprint density at radius 2 is 1.86 bits per heavy atom. The van der Waals surface area contributed by atoms with Crippen LogP contribution in [0.3, 0.4) is 0 Å². The van der Waals surface area contributed by atoms with Crippen molar-refractivity contribution in [1.82, 2.24) is 24.8 Å². The minimum absolute atomic E-state index is 0.0486. The van der Waals surface area contributed by atoms with Gasteiger partial charge in [-0.2, -0.15) is 0 Å². The fraction of sp³-hybridized carbons (Fsp3) is 0.241. The summed E-state index contributed by atoms with van der Waals surface area (Å²) in [6.45, 7) is 6.72. The van der Waals surface area contributed by atoms with E-state index in [1.165, 1.54) is 0 Å². The normalized spacial score (nSPS) is 17.1. The van der Waals surface area contributed by atoms with Crippen LogP contribution in [0.5, 0.6) is 0 Å². The Morgan fingerprint density at radius 1 is 1.05 bits per heavy atom. The van der Waals surface area contributed by atoms with Crippen molar-refractivity contribution in [2.75, 3.05) is 11.9 Å². The van der Waals surface area contributed by atoms with Crippen molar-refractivity contribution in [3.05, 3.63) is 107 Å². The van der Waals surface area contributed by atoms with Gasteiger partial charge in [-0.15, -0.1) is 0 Å². The summed E-state index contributed by atoms with van der Waals surface area (Å²) in [5, 5.41) is 7.10. The highest BCUT2D eigenvalue weighted by molar-refractivity contribution is 7.80. The number of carbonyl (C=O) groups excluding carboxylic acids is 1. The Morgan fingerprint density at radius 3 is 2.57 bits per heavy atom. The van der Waals surface area contributed by atoms with Gasteiger partial charge in [0.15, 0.2) is 5.11 Å². The van der Waals surface area contributed by atoms with Crippen molar-refractivity contribution < 1.29 is 4.79 Å². The van der Waals surface area contributed by atoms with E-state index in [2.05, 4.69) is 56.0 Å². The number of pyridine rings is 2. The van der Waals surface area contributed by atoms with E-state index < -0.39 is 0 Å². The molecule has 188 valence electrons. The van der Waals surface area contributed by atoms with Gasteiger partial charge in [-0.3, -0.25) is 14.8 Å². The molecular formula is C29H30N6OS. The lowest BCUT2D eigenvalue weighted by atomic mass is 9.96. The maximum absolute atomic E-state index is 12.8. The lowest BCUT2D eigenvalue weighted by molar-refractivity contribution is -0.116. The molecule has 0 saturated carbocycles. The van der Waals surface area contributed by atoms with E-state index >= 15 is 0 Å². The van der Waals surface area contributed by atoms with Crippen LogP contribution in [-0.2, 0) is 4.79 Å². The number of benzene rings is 1. The Bertz CT molecular complexity index is 1400. The minimum Gasteiger partial charge on any atom is -0.352 e. The van der Waals surface area contributed by atoms with Crippen LogP contribution in [0.4, 0.5) is 5.69 Å². The number of nitrogens with zero attached hydrogens (tertiary/aromatic N) is 4. The van der Waals surface area contributed by atoms with E-state index in [0.29, 0.717) is 18.1 Å². The number of aromatic nitrogens is 3. The smallest absolute Gasteiger partial charge is 0.226 e. The molecule has 1 aliphatic rings. The first-order chi connectivity index (χ1) is 17.9. The van der Waals surface area contributed by atoms with Crippen molar-refractivity contribution in [2.24, 2.45) is 0 Å². The molecule has 1 aromatic carbocycles. The molecule has 8 heteroatoms. The minimum atomic E-state index is -0.142. The SMILES string of the molecule is Cc1ccc(NC(=O)CCN2C(=S)N[C@H](c3ccccn3)[C@@H]2c2cc(C)n(-c3cccnc3)c2C)cc1. The van der Waals surface area contributed by atoms with Crippen molar-refractivity contribution in [3.8, 4) is 5.69 Å². The molecule has 0 spiro atoms. The first kappa shape index (κ1) is 24.6. The molecule has 0 aliphatic carbocycles. The molecule has 4 heterocycles. The van der Waals surface area contributed by atoms with Crippen LogP contribution < -0.4 is 10.6 Å². The Hall–Kier alpha value is -4.04. The van der Waals surface area contributed by atoms with Crippen LogP contribution in [0.2, 0.25) is 0 Å². The molecule has 2 atom stereocenters. The number of aryl methyl sites for hydroxylation is 2. The number of hydrogen-bond acceptors (Lipinski definition) is 4. The second-order valence-electron chi connectivity index (χ2n) is 9.36. The lowest BCUT2D eigenvalue weighted by Crippen LogP contribution is -2.32. The second-order valence-corrected chi connectivity index (χ2v) is 9.74. The fourth-order valence-corrected chi connectivity index (χ4v) is 5.37. The molecule has 0 radical (unpaired) electrons. The van der Waals surface area contributed by atoms with Gasteiger partial charge in [0.05, 0.1) is 29.7 Å². The zero-order valence-electron chi connectivity index (χ0n) is 21.2. The highest BCUT2D eigenvalue weighted by atomic mass is 32.1. The third-order valence-corrected chi connectivity index (χ3v) is 7.16. The summed E-state index contributed by atoms with van der Waals surface area (Å²) in [6, 6.07) is 19.7. The van der Waals surface area contributed by atoms with Crippen LogP contribution >= 0.6 is 12.2 Å². The van der Waals surface area contributed by atoms with E-state index in [9.17, 15) is 4.79 Å². The van der Waals surface area contributed by atoms with E-state index in [1.807, 2.05) is 61.7 Å². The van der Waals surface area contributed by atoms with Gasteiger partial charge in [-0.05, 0) is 81.0 Å². The molecular weight excluding hydrogens is 480 g/mol. The number of hydrogen-bond donors (Lipinski definition) is 2. The van der Waals surface area contributed by atoms with Gasteiger partial charge in [0.2, 0.25) is 5.91 Å². The van der Waals surface area contributed by atoms with E-state index in [1.54, 1.807) is 12.4 Å². The van der Waals surface area contributed by atoms with Gasteiger partial charge in [-0.1, -0.05) is 23.8 Å². The monoisotopic (exact) mass is 510 g/mol. The number of carbonyl (C=O) groups is 1. The molecule has 37 heavy (non-hydrogen) atoms. The Kier molecular flexibility index (Phi) is 7.01. The first-order valence-corrected chi connectivity index (χ1v) is 12.8. The predicted molar refractivity (Wildman–Crippen MR) is 150 cm³/mol. The summed E-state index contributed by atoms with van der Waals surface area (Å²) in [4.78, 5) is 23.9. The summed E-state index contributed by atoms with van der Waals surface area (Å²) in [6.07, 6.45) is 5.75. The van der Waals surface area contributed by atoms with Gasteiger partial charge in [0.25, 0.3) is 0 Å². The van der Waals surface area contributed by atoms with Gasteiger partial charge in [-0.25, -0.2) is 0 Å². The highest BCUT2D eigenvalue weighted by Crippen LogP contribution is 2.41. The lowest BCUT2D eigenvalue weighted by Gasteiger charge is -2.28. The van der Waals surface area contributed by atoms with Crippen LogP contribution in [0.15, 0.2) is 79.3 Å². The third kappa shape index (κ3) is 5.11. The van der Waals surface area contributed by atoms with Gasteiger partial charge in [0.1, 0.15) is 0 Å². The second kappa shape index (κ2) is 10.5. The molecule has 1 saturated heterocycles. The number of thiocarbonyl (C=S) groups is 1. The average Bonchev–Trinajstić information content (AvgIpc) is 3.39. The van der Waals surface area contributed by atoms with Crippen molar-refractivity contribution in [3.63, 3.8) is 0 Å². The van der Waals surface area contributed by atoms with Gasteiger partial charge < -0.3 is 20.1 Å². The van der Waals surface area contributed by atoms with E-state index in [-0.39, 0.29) is 18.0 Å².